The van der Waals surface area contributed by atoms with Crippen LogP contribution in [-0.2, 0) is 12.8 Å². The summed E-state index contributed by atoms with van der Waals surface area (Å²) in [7, 11) is 0. The van der Waals surface area contributed by atoms with Crippen LogP contribution < -0.4 is 0 Å². The zero-order valence-electron chi connectivity index (χ0n) is 25.2. The SMILES string of the molecule is CCCCCCCC1CCC(CCc2ccc(C#Cc3ccc4cc(CCCCCC)ccc4c3F)cc2)CC1. The Kier molecular flexibility index (Phi) is 12.6. The number of halogens is 1. The molecule has 1 heteroatoms. The summed E-state index contributed by atoms with van der Waals surface area (Å²) in [6.45, 7) is 4.53. The number of benzene rings is 3. The van der Waals surface area contributed by atoms with Gasteiger partial charge in [-0.05, 0) is 72.2 Å². The highest BCUT2D eigenvalue weighted by molar-refractivity contribution is 5.85. The molecule has 1 aliphatic carbocycles. The fourth-order valence-corrected chi connectivity index (χ4v) is 6.46. The number of rotatable bonds is 14. The maximum Gasteiger partial charge on any atom is 0.146 e. The third-order valence-electron chi connectivity index (χ3n) is 9.16. The van der Waals surface area contributed by atoms with Crippen molar-refractivity contribution in [1.29, 1.82) is 0 Å². The molecular weight excluding hydrogens is 487 g/mol. The molecule has 214 valence electrons. The lowest BCUT2D eigenvalue weighted by Crippen LogP contribution is -2.15. The molecule has 0 saturated heterocycles. The second kappa shape index (κ2) is 16.6. The quantitative estimate of drug-likeness (QED) is 0.141. The highest BCUT2D eigenvalue weighted by Gasteiger charge is 2.20. The summed E-state index contributed by atoms with van der Waals surface area (Å²) in [5, 5.41) is 1.64. The van der Waals surface area contributed by atoms with Gasteiger partial charge in [-0.3, -0.25) is 0 Å². The maximum absolute atomic E-state index is 15.2. The zero-order valence-corrected chi connectivity index (χ0v) is 25.2. The molecule has 40 heavy (non-hydrogen) atoms. The minimum atomic E-state index is -0.203. The molecule has 0 aromatic heterocycles. The first-order valence-corrected chi connectivity index (χ1v) is 16.5. The van der Waals surface area contributed by atoms with Gasteiger partial charge in [0, 0.05) is 10.9 Å². The Labute approximate surface area is 244 Å². The standard InChI is InChI=1S/C39H51F/c1-3-5-7-9-11-12-31-14-16-32(17-15-31)18-19-33-20-22-34(23-21-33)24-26-36-27-28-37-30-35(13-10-8-6-4-2)25-29-38(37)39(36)40/h20-23,25,27-32H,3-19H2,1-2H3. The molecule has 0 unspecified atom stereocenters. The first kappa shape index (κ1) is 30.4. The van der Waals surface area contributed by atoms with Crippen LogP contribution in [0.5, 0.6) is 0 Å². The Bertz CT molecular complexity index is 1220. The summed E-state index contributed by atoms with van der Waals surface area (Å²) in [5.41, 5.74) is 4.11. The monoisotopic (exact) mass is 538 g/mol. The second-order valence-corrected chi connectivity index (χ2v) is 12.4. The molecule has 0 aliphatic heterocycles. The van der Waals surface area contributed by atoms with E-state index < -0.39 is 0 Å². The fourth-order valence-electron chi connectivity index (χ4n) is 6.46. The van der Waals surface area contributed by atoms with Crippen LogP contribution in [0.1, 0.15) is 132 Å². The van der Waals surface area contributed by atoms with Gasteiger partial charge in [0.1, 0.15) is 5.82 Å². The summed E-state index contributed by atoms with van der Waals surface area (Å²) in [6.07, 6.45) is 22.7. The van der Waals surface area contributed by atoms with E-state index in [0.717, 1.165) is 35.6 Å². The Morgan fingerprint density at radius 1 is 0.625 bits per heavy atom. The molecular formula is C39H51F. The Hall–Kier alpha value is -2.59. The highest BCUT2D eigenvalue weighted by Crippen LogP contribution is 2.34. The van der Waals surface area contributed by atoms with Crippen molar-refractivity contribution < 1.29 is 4.39 Å². The summed E-state index contributed by atoms with van der Waals surface area (Å²) < 4.78 is 15.2. The van der Waals surface area contributed by atoms with Crippen LogP contribution in [0.4, 0.5) is 4.39 Å². The van der Waals surface area contributed by atoms with Crippen molar-refractivity contribution in [2.45, 2.75) is 123 Å². The van der Waals surface area contributed by atoms with Crippen molar-refractivity contribution in [3.63, 3.8) is 0 Å². The molecule has 0 radical (unpaired) electrons. The molecule has 0 nitrogen and oxygen atoms in total. The van der Waals surface area contributed by atoms with Gasteiger partial charge in [-0.15, -0.1) is 0 Å². The minimum absolute atomic E-state index is 0.203. The summed E-state index contributed by atoms with van der Waals surface area (Å²) in [4.78, 5) is 0. The molecule has 0 atom stereocenters. The molecule has 4 rings (SSSR count). The van der Waals surface area contributed by atoms with Crippen LogP contribution in [-0.4, -0.2) is 0 Å². The lowest BCUT2D eigenvalue weighted by molar-refractivity contribution is 0.248. The third kappa shape index (κ3) is 9.51. The lowest BCUT2D eigenvalue weighted by atomic mass is 9.77. The lowest BCUT2D eigenvalue weighted by Gasteiger charge is -2.28. The van der Waals surface area contributed by atoms with Gasteiger partial charge in [0.05, 0.1) is 5.56 Å². The van der Waals surface area contributed by atoms with Gasteiger partial charge in [0.25, 0.3) is 0 Å². The fraction of sp³-hybridized carbons (Fsp3) is 0.538. The first-order valence-electron chi connectivity index (χ1n) is 16.5. The van der Waals surface area contributed by atoms with E-state index >= 15 is 4.39 Å². The van der Waals surface area contributed by atoms with Crippen LogP contribution in [0, 0.1) is 29.5 Å². The van der Waals surface area contributed by atoms with Gasteiger partial charge in [-0.2, -0.15) is 0 Å². The van der Waals surface area contributed by atoms with Crippen LogP contribution in [0.15, 0.2) is 54.6 Å². The van der Waals surface area contributed by atoms with Gasteiger partial charge in [0.2, 0.25) is 0 Å². The molecule has 0 amide bonds. The summed E-state index contributed by atoms with van der Waals surface area (Å²) in [6, 6.07) is 18.6. The molecule has 1 aliphatic rings. The normalized spacial score (nSPS) is 17.1. The predicted molar refractivity (Wildman–Crippen MR) is 171 cm³/mol. The van der Waals surface area contributed by atoms with E-state index in [1.54, 1.807) is 0 Å². The van der Waals surface area contributed by atoms with E-state index in [9.17, 15) is 0 Å². The van der Waals surface area contributed by atoms with E-state index in [2.05, 4.69) is 62.1 Å². The van der Waals surface area contributed by atoms with Crippen molar-refractivity contribution in [2.75, 3.05) is 0 Å². The number of hydrogen-bond donors (Lipinski definition) is 0. The van der Waals surface area contributed by atoms with Crippen LogP contribution in [0.2, 0.25) is 0 Å². The third-order valence-corrected chi connectivity index (χ3v) is 9.16. The summed E-state index contributed by atoms with van der Waals surface area (Å²) >= 11 is 0. The molecule has 0 bridgehead atoms. The van der Waals surface area contributed by atoms with Crippen molar-refractivity contribution >= 4 is 10.8 Å². The number of hydrogen-bond acceptors (Lipinski definition) is 0. The molecule has 0 heterocycles. The Morgan fingerprint density at radius 2 is 1.27 bits per heavy atom. The topological polar surface area (TPSA) is 0 Å². The van der Waals surface area contributed by atoms with Gasteiger partial charge >= 0.3 is 0 Å². The Balaban J connectivity index is 1.24. The van der Waals surface area contributed by atoms with Gasteiger partial charge < -0.3 is 0 Å². The largest absolute Gasteiger partial charge is 0.205 e. The second-order valence-electron chi connectivity index (χ2n) is 12.4. The summed E-state index contributed by atoms with van der Waals surface area (Å²) in [5.74, 6) is 7.96. The predicted octanol–water partition coefficient (Wildman–Crippen LogP) is 11.6. The van der Waals surface area contributed by atoms with Gasteiger partial charge in [-0.1, -0.05) is 146 Å². The molecule has 3 aromatic carbocycles. The van der Waals surface area contributed by atoms with E-state index in [4.69, 9.17) is 0 Å². The average Bonchev–Trinajstić information content (AvgIpc) is 2.99. The smallest absolute Gasteiger partial charge is 0.146 e. The van der Waals surface area contributed by atoms with Crippen LogP contribution in [0.25, 0.3) is 10.8 Å². The number of unbranched alkanes of at least 4 members (excludes halogenated alkanes) is 7. The van der Waals surface area contributed by atoms with Crippen LogP contribution >= 0.6 is 0 Å². The highest BCUT2D eigenvalue weighted by atomic mass is 19.1. The van der Waals surface area contributed by atoms with E-state index in [1.807, 2.05) is 18.2 Å². The van der Waals surface area contributed by atoms with E-state index in [0.29, 0.717) is 10.9 Å². The molecule has 0 spiro atoms. The molecule has 1 saturated carbocycles. The van der Waals surface area contributed by atoms with Crippen molar-refractivity contribution in [1.82, 2.24) is 0 Å². The van der Waals surface area contributed by atoms with E-state index in [-0.39, 0.29) is 5.82 Å². The maximum atomic E-state index is 15.2. The van der Waals surface area contributed by atoms with Gasteiger partial charge in [0.15, 0.2) is 0 Å². The molecule has 0 N–H and O–H groups in total. The number of fused-ring (bicyclic) bond motifs is 1. The first-order chi connectivity index (χ1) is 19.7. The van der Waals surface area contributed by atoms with Crippen molar-refractivity contribution in [3.05, 3.63) is 82.7 Å². The van der Waals surface area contributed by atoms with Crippen molar-refractivity contribution in [3.8, 4) is 11.8 Å². The van der Waals surface area contributed by atoms with Crippen molar-refractivity contribution in [2.24, 2.45) is 11.8 Å². The molecule has 1 fully saturated rings. The minimum Gasteiger partial charge on any atom is -0.205 e. The van der Waals surface area contributed by atoms with E-state index in [1.165, 1.54) is 107 Å². The average molecular weight is 539 g/mol. The van der Waals surface area contributed by atoms with Crippen LogP contribution in [0.3, 0.4) is 0 Å². The number of aryl methyl sites for hydroxylation is 2. The van der Waals surface area contributed by atoms with Gasteiger partial charge in [-0.25, -0.2) is 4.39 Å². The molecule has 3 aromatic rings. The Morgan fingerprint density at radius 3 is 2.00 bits per heavy atom. The zero-order chi connectivity index (χ0) is 28.0.